The first-order valence-electron chi connectivity index (χ1n) is 6.71. The van der Waals surface area contributed by atoms with Gasteiger partial charge >= 0.3 is 15.6 Å². The molecule has 2 aromatic rings. The first-order valence-corrected chi connectivity index (χ1v) is 8.12. The molecular weight excluding hydrogens is 345 g/mol. The fourth-order valence-electron chi connectivity index (χ4n) is 1.69. The number of hydrogen-bond donors (Lipinski definition) is 0. The lowest BCUT2D eigenvalue weighted by Gasteiger charge is -2.12. The van der Waals surface area contributed by atoms with Crippen LogP contribution in [0.4, 0.5) is 13.2 Å². The predicted octanol–water partition coefficient (Wildman–Crippen LogP) is 4.07. The molecule has 0 radical (unpaired) electrons. The molecule has 24 heavy (non-hydrogen) atoms. The Bertz CT molecular complexity index is 785. The molecule has 0 saturated carbocycles. The van der Waals surface area contributed by atoms with Gasteiger partial charge in [-0.1, -0.05) is 60.7 Å². The van der Waals surface area contributed by atoms with Gasteiger partial charge in [0.05, 0.1) is 0 Å². The quantitative estimate of drug-likeness (QED) is 0.444. The third-order valence-electron chi connectivity index (χ3n) is 2.82. The summed E-state index contributed by atoms with van der Waals surface area (Å²) in [6.45, 7) is 0.0482. The van der Waals surface area contributed by atoms with Crippen LogP contribution in [0, 0.1) is 0 Å². The summed E-state index contributed by atoms with van der Waals surface area (Å²) in [6.07, 6.45) is 0.853. The third kappa shape index (κ3) is 4.76. The molecule has 0 unspecified atom stereocenters. The third-order valence-corrected chi connectivity index (χ3v) is 3.79. The van der Waals surface area contributed by atoms with Crippen molar-refractivity contribution in [1.82, 2.24) is 0 Å². The lowest BCUT2D eigenvalue weighted by molar-refractivity contribution is -0.0510. The van der Waals surface area contributed by atoms with Gasteiger partial charge in [0.15, 0.2) is 5.76 Å². The van der Waals surface area contributed by atoms with Gasteiger partial charge in [-0.25, -0.2) is 0 Å². The summed E-state index contributed by atoms with van der Waals surface area (Å²) >= 11 is 0. The number of benzene rings is 2. The summed E-state index contributed by atoms with van der Waals surface area (Å²) in [5, 5.41) is 0. The van der Waals surface area contributed by atoms with Gasteiger partial charge in [-0.2, -0.15) is 21.6 Å². The molecule has 0 fully saturated rings. The number of alkyl halides is 3. The van der Waals surface area contributed by atoms with Crippen molar-refractivity contribution < 1.29 is 30.5 Å². The van der Waals surface area contributed by atoms with E-state index in [9.17, 15) is 21.6 Å². The van der Waals surface area contributed by atoms with Gasteiger partial charge < -0.3 is 8.92 Å². The van der Waals surface area contributed by atoms with E-state index in [-0.39, 0.29) is 12.2 Å². The van der Waals surface area contributed by atoms with Crippen LogP contribution in [0.5, 0.6) is 0 Å². The second kappa shape index (κ2) is 7.39. The van der Waals surface area contributed by atoms with Crippen LogP contribution >= 0.6 is 0 Å². The fraction of sp³-hybridized carbons (Fsp3) is 0.125. The van der Waals surface area contributed by atoms with E-state index >= 15 is 0 Å². The Kier molecular flexibility index (Phi) is 5.50. The fourth-order valence-corrected chi connectivity index (χ4v) is 2.16. The summed E-state index contributed by atoms with van der Waals surface area (Å²) in [7, 11) is -5.79. The SMILES string of the molecule is O=S(=O)(O/C(=C\OCc1ccccc1)c1ccccc1)C(F)(F)F. The van der Waals surface area contributed by atoms with E-state index in [4.69, 9.17) is 4.74 Å². The van der Waals surface area contributed by atoms with Crippen molar-refractivity contribution in [2.24, 2.45) is 0 Å². The zero-order valence-electron chi connectivity index (χ0n) is 12.2. The van der Waals surface area contributed by atoms with E-state index in [1.54, 1.807) is 36.4 Å². The lowest BCUT2D eigenvalue weighted by Crippen LogP contribution is -2.25. The Morgan fingerprint density at radius 1 is 0.958 bits per heavy atom. The highest BCUT2D eigenvalue weighted by atomic mass is 32.2. The molecule has 0 aliphatic carbocycles. The van der Waals surface area contributed by atoms with E-state index in [1.807, 2.05) is 0 Å². The van der Waals surface area contributed by atoms with Crippen LogP contribution in [-0.2, 0) is 25.6 Å². The van der Waals surface area contributed by atoms with Gasteiger partial charge in [0.2, 0.25) is 0 Å². The van der Waals surface area contributed by atoms with Gasteiger partial charge in [0.1, 0.15) is 12.9 Å². The molecule has 0 heterocycles. The molecular formula is C16H13F3O4S. The molecule has 0 bridgehead atoms. The average Bonchev–Trinajstić information content (AvgIpc) is 2.54. The smallest absolute Gasteiger partial charge is 0.493 e. The zero-order valence-corrected chi connectivity index (χ0v) is 13.0. The highest BCUT2D eigenvalue weighted by molar-refractivity contribution is 7.87. The van der Waals surface area contributed by atoms with Crippen molar-refractivity contribution in [3.8, 4) is 0 Å². The average molecular weight is 358 g/mol. The van der Waals surface area contributed by atoms with Crippen LogP contribution in [-0.4, -0.2) is 13.9 Å². The Labute approximate surface area is 137 Å². The molecule has 2 aromatic carbocycles. The summed E-state index contributed by atoms with van der Waals surface area (Å²) < 4.78 is 69.4. The summed E-state index contributed by atoms with van der Waals surface area (Å²) in [6, 6.07) is 16.3. The number of rotatable bonds is 6. The van der Waals surface area contributed by atoms with Gasteiger partial charge in [0.25, 0.3) is 0 Å². The molecule has 0 aliphatic rings. The zero-order chi connectivity index (χ0) is 17.6. The van der Waals surface area contributed by atoms with E-state index in [2.05, 4.69) is 4.18 Å². The summed E-state index contributed by atoms with van der Waals surface area (Å²) in [4.78, 5) is 0. The Morgan fingerprint density at radius 3 is 2.04 bits per heavy atom. The largest absolute Gasteiger partial charge is 0.534 e. The Hall–Kier alpha value is -2.48. The standard InChI is InChI=1S/C16H13F3O4S/c17-16(18,19)24(20,21)23-15(14-9-5-2-6-10-14)12-22-11-13-7-3-1-4-8-13/h1-10,12H,11H2/b15-12-. The second-order valence-electron chi connectivity index (χ2n) is 4.63. The molecule has 0 aliphatic heterocycles. The maximum atomic E-state index is 12.5. The maximum Gasteiger partial charge on any atom is 0.534 e. The van der Waals surface area contributed by atoms with Gasteiger partial charge in [0, 0.05) is 5.56 Å². The van der Waals surface area contributed by atoms with Crippen molar-refractivity contribution in [3.05, 3.63) is 78.1 Å². The number of ether oxygens (including phenoxy) is 1. The van der Waals surface area contributed by atoms with E-state index < -0.39 is 21.4 Å². The molecule has 0 atom stereocenters. The highest BCUT2D eigenvalue weighted by Crippen LogP contribution is 2.29. The lowest BCUT2D eigenvalue weighted by atomic mass is 10.2. The highest BCUT2D eigenvalue weighted by Gasteiger charge is 2.49. The predicted molar refractivity (Wildman–Crippen MR) is 81.7 cm³/mol. The van der Waals surface area contributed by atoms with Crippen molar-refractivity contribution in [3.63, 3.8) is 0 Å². The van der Waals surface area contributed by atoms with Crippen LogP contribution < -0.4 is 0 Å². The molecule has 4 nitrogen and oxygen atoms in total. The van der Waals surface area contributed by atoms with Crippen LogP contribution in [0.2, 0.25) is 0 Å². The van der Waals surface area contributed by atoms with Crippen molar-refractivity contribution in [2.75, 3.05) is 0 Å². The maximum absolute atomic E-state index is 12.5. The monoisotopic (exact) mass is 358 g/mol. The minimum absolute atomic E-state index is 0.0482. The van der Waals surface area contributed by atoms with Crippen molar-refractivity contribution >= 4 is 15.9 Å². The molecule has 0 spiro atoms. The van der Waals surface area contributed by atoms with Gasteiger partial charge in [-0.15, -0.1) is 0 Å². The molecule has 8 heteroatoms. The van der Waals surface area contributed by atoms with Crippen LogP contribution in [0.1, 0.15) is 11.1 Å². The van der Waals surface area contributed by atoms with Gasteiger partial charge in [-0.3, -0.25) is 0 Å². The minimum atomic E-state index is -5.79. The summed E-state index contributed by atoms with van der Waals surface area (Å²) in [5.74, 6) is -0.552. The molecule has 2 rings (SSSR count). The van der Waals surface area contributed by atoms with Crippen molar-refractivity contribution in [2.45, 2.75) is 12.1 Å². The van der Waals surface area contributed by atoms with E-state index in [0.29, 0.717) is 0 Å². The molecule has 0 saturated heterocycles. The topological polar surface area (TPSA) is 52.6 Å². The van der Waals surface area contributed by atoms with Gasteiger partial charge in [-0.05, 0) is 5.56 Å². The normalized spacial score (nSPS) is 12.7. The number of halogens is 3. The number of hydrogen-bond acceptors (Lipinski definition) is 4. The van der Waals surface area contributed by atoms with E-state index in [1.165, 1.54) is 24.3 Å². The molecule has 0 amide bonds. The molecule has 0 N–H and O–H groups in total. The van der Waals surface area contributed by atoms with Crippen LogP contribution in [0.25, 0.3) is 5.76 Å². The van der Waals surface area contributed by atoms with Crippen LogP contribution in [0.3, 0.4) is 0 Å². The summed E-state index contributed by atoms with van der Waals surface area (Å²) in [5.41, 5.74) is -4.63. The first kappa shape index (κ1) is 17.9. The van der Waals surface area contributed by atoms with Crippen molar-refractivity contribution in [1.29, 1.82) is 0 Å². The molecule has 128 valence electrons. The first-order chi connectivity index (χ1) is 11.3. The molecule has 0 aromatic heterocycles. The minimum Gasteiger partial charge on any atom is -0.493 e. The Balaban J connectivity index is 2.22. The van der Waals surface area contributed by atoms with Crippen LogP contribution in [0.15, 0.2) is 66.9 Å². The van der Waals surface area contributed by atoms with E-state index in [0.717, 1.165) is 11.8 Å². The second-order valence-corrected chi connectivity index (χ2v) is 6.17. The Morgan fingerprint density at radius 2 is 1.50 bits per heavy atom.